The van der Waals surface area contributed by atoms with Crippen LogP contribution in [0.3, 0.4) is 0 Å². The van der Waals surface area contributed by atoms with Gasteiger partial charge in [-0.15, -0.1) is 0 Å². The lowest BCUT2D eigenvalue weighted by molar-refractivity contribution is -0.140. The molecule has 1 aliphatic rings. The maximum atomic E-state index is 13.2. The highest BCUT2D eigenvalue weighted by Crippen LogP contribution is 2.26. The van der Waals surface area contributed by atoms with E-state index in [0.717, 1.165) is 53.5 Å². The summed E-state index contributed by atoms with van der Waals surface area (Å²) in [5.74, 6) is 0.0332. The van der Waals surface area contributed by atoms with Crippen molar-refractivity contribution in [1.29, 1.82) is 0 Å². The number of hydrogen-bond donors (Lipinski definition) is 1. The molecule has 194 valence electrons. The van der Waals surface area contributed by atoms with Gasteiger partial charge in [0.15, 0.2) is 15.0 Å². The molecule has 1 aliphatic heterocycles. The van der Waals surface area contributed by atoms with Gasteiger partial charge in [0.25, 0.3) is 0 Å². The maximum absolute atomic E-state index is 13.2. The van der Waals surface area contributed by atoms with E-state index in [2.05, 4.69) is 22.4 Å². The molecule has 0 radical (unpaired) electrons. The van der Waals surface area contributed by atoms with E-state index in [1.807, 2.05) is 54.6 Å². The number of aryl methyl sites for hydroxylation is 2. The van der Waals surface area contributed by atoms with Gasteiger partial charge in [0.1, 0.15) is 0 Å². The molecule has 0 aliphatic carbocycles. The highest BCUT2D eigenvalue weighted by atomic mass is 32.2. The standard InChI is InChI=1S/C29H32N2O4S2/c1-35-28(32)20-25(24-8-3-2-4-9-24)21-37(33,34)27-15-13-22(14-16-27)11-12-23-7-5-10-26(19-23)31-29-30-17-6-18-36-29/h2-5,7-10,13-16,19,25H,6,11-12,17-18,20-21H2,1H3,(H,30,31). The number of benzene rings is 3. The fourth-order valence-corrected chi connectivity index (χ4v) is 6.68. The minimum atomic E-state index is -3.59. The van der Waals surface area contributed by atoms with Crippen molar-refractivity contribution in [2.75, 3.05) is 30.5 Å². The fourth-order valence-electron chi connectivity index (χ4n) is 4.26. The third kappa shape index (κ3) is 7.94. The average Bonchev–Trinajstić information content (AvgIpc) is 2.93. The average molecular weight is 537 g/mol. The van der Waals surface area contributed by atoms with Crippen LogP contribution in [0.5, 0.6) is 0 Å². The summed E-state index contributed by atoms with van der Waals surface area (Å²) in [6, 6.07) is 24.7. The number of nitrogens with one attached hydrogen (secondary N) is 1. The molecule has 1 heterocycles. The lowest BCUT2D eigenvalue weighted by Gasteiger charge is -2.17. The van der Waals surface area contributed by atoms with Crippen molar-refractivity contribution < 1.29 is 17.9 Å². The molecule has 0 aromatic heterocycles. The Labute approximate surface area is 223 Å². The summed E-state index contributed by atoms with van der Waals surface area (Å²) in [7, 11) is -2.28. The molecule has 0 saturated heterocycles. The molecule has 1 unspecified atom stereocenters. The Hall–Kier alpha value is -3.10. The second-order valence-corrected chi connectivity index (χ2v) is 12.1. The van der Waals surface area contributed by atoms with Crippen molar-refractivity contribution in [2.45, 2.75) is 36.5 Å². The lowest BCUT2D eigenvalue weighted by atomic mass is 9.98. The van der Waals surface area contributed by atoms with Gasteiger partial charge >= 0.3 is 5.97 Å². The third-order valence-electron chi connectivity index (χ3n) is 6.29. The predicted octanol–water partition coefficient (Wildman–Crippen LogP) is 5.50. The highest BCUT2D eigenvalue weighted by Gasteiger charge is 2.25. The van der Waals surface area contributed by atoms with Crippen molar-refractivity contribution in [2.24, 2.45) is 4.99 Å². The smallest absolute Gasteiger partial charge is 0.306 e. The second-order valence-electron chi connectivity index (χ2n) is 9.03. The Balaban J connectivity index is 1.39. The summed E-state index contributed by atoms with van der Waals surface area (Å²) in [6.45, 7) is 0.874. The zero-order valence-corrected chi connectivity index (χ0v) is 22.6. The molecule has 1 atom stereocenters. The SMILES string of the molecule is COC(=O)CC(CS(=O)(=O)c1ccc(CCc2cccc(NC3=NCCCS3)c2)cc1)c1ccccc1. The van der Waals surface area contributed by atoms with E-state index in [4.69, 9.17) is 4.74 Å². The number of carbonyl (C=O) groups is 1. The van der Waals surface area contributed by atoms with Crippen LogP contribution in [-0.4, -0.2) is 44.7 Å². The zero-order valence-electron chi connectivity index (χ0n) is 20.9. The zero-order chi connectivity index (χ0) is 26.1. The van der Waals surface area contributed by atoms with Crippen LogP contribution in [0.25, 0.3) is 0 Å². The van der Waals surface area contributed by atoms with Gasteiger partial charge in [0.2, 0.25) is 0 Å². The molecular weight excluding hydrogens is 504 g/mol. The van der Waals surface area contributed by atoms with Crippen LogP contribution in [0.4, 0.5) is 5.69 Å². The van der Waals surface area contributed by atoms with Crippen LogP contribution in [-0.2, 0) is 32.2 Å². The summed E-state index contributed by atoms with van der Waals surface area (Å²) in [5, 5.41) is 4.38. The van der Waals surface area contributed by atoms with Crippen molar-refractivity contribution in [3.8, 4) is 0 Å². The molecule has 0 amide bonds. The fraction of sp³-hybridized carbons (Fsp3) is 0.310. The molecule has 3 aromatic carbocycles. The Bertz CT molecular complexity index is 1320. The first-order valence-electron chi connectivity index (χ1n) is 12.4. The number of thioether (sulfide) groups is 1. The number of carbonyl (C=O) groups excluding carboxylic acids is 1. The van der Waals surface area contributed by atoms with Crippen LogP contribution in [0, 0.1) is 0 Å². The van der Waals surface area contributed by atoms with E-state index >= 15 is 0 Å². The number of hydrogen-bond acceptors (Lipinski definition) is 7. The molecular formula is C29H32N2O4S2. The van der Waals surface area contributed by atoms with Gasteiger partial charge in [-0.05, 0) is 60.2 Å². The Morgan fingerprint density at radius 2 is 1.76 bits per heavy atom. The second kappa shape index (κ2) is 12.9. The Morgan fingerprint density at radius 1 is 1.00 bits per heavy atom. The number of ether oxygens (including phenoxy) is 1. The minimum absolute atomic E-state index is 0.0117. The monoisotopic (exact) mass is 536 g/mol. The Kier molecular flexibility index (Phi) is 9.41. The lowest BCUT2D eigenvalue weighted by Crippen LogP contribution is -2.19. The first kappa shape index (κ1) is 26.9. The van der Waals surface area contributed by atoms with Gasteiger partial charge in [-0.3, -0.25) is 9.79 Å². The molecule has 1 N–H and O–H groups in total. The van der Waals surface area contributed by atoms with Crippen LogP contribution in [0.2, 0.25) is 0 Å². The molecule has 0 spiro atoms. The van der Waals surface area contributed by atoms with Crippen LogP contribution >= 0.6 is 11.8 Å². The number of methoxy groups -OCH3 is 1. The van der Waals surface area contributed by atoms with E-state index < -0.39 is 21.7 Å². The van der Waals surface area contributed by atoms with Crippen LogP contribution in [0.15, 0.2) is 88.8 Å². The molecule has 3 aromatic rings. The van der Waals surface area contributed by atoms with Crippen molar-refractivity contribution in [3.63, 3.8) is 0 Å². The first-order valence-corrected chi connectivity index (χ1v) is 15.0. The van der Waals surface area contributed by atoms with E-state index in [1.165, 1.54) is 12.7 Å². The van der Waals surface area contributed by atoms with Crippen LogP contribution < -0.4 is 5.32 Å². The van der Waals surface area contributed by atoms with Gasteiger partial charge in [0, 0.05) is 23.9 Å². The number of sulfone groups is 1. The van der Waals surface area contributed by atoms with Crippen molar-refractivity contribution >= 4 is 38.4 Å². The summed E-state index contributed by atoms with van der Waals surface area (Å²) >= 11 is 1.75. The quantitative estimate of drug-likeness (QED) is 0.345. The molecule has 37 heavy (non-hydrogen) atoms. The maximum Gasteiger partial charge on any atom is 0.306 e. The van der Waals surface area contributed by atoms with E-state index in [0.29, 0.717) is 0 Å². The van der Waals surface area contributed by atoms with Crippen molar-refractivity contribution in [3.05, 3.63) is 95.6 Å². The van der Waals surface area contributed by atoms with Gasteiger partial charge in [-0.1, -0.05) is 66.4 Å². The molecule has 4 rings (SSSR count). The molecule has 0 saturated carbocycles. The number of nitrogens with zero attached hydrogens (tertiary/aromatic N) is 1. The van der Waals surface area contributed by atoms with Crippen molar-refractivity contribution in [1.82, 2.24) is 0 Å². The van der Waals surface area contributed by atoms with E-state index in [-0.39, 0.29) is 17.1 Å². The van der Waals surface area contributed by atoms with E-state index in [9.17, 15) is 13.2 Å². The number of amidine groups is 1. The minimum Gasteiger partial charge on any atom is -0.469 e. The summed E-state index contributed by atoms with van der Waals surface area (Å²) in [6.07, 6.45) is 2.78. The number of rotatable bonds is 10. The summed E-state index contributed by atoms with van der Waals surface area (Å²) in [5.41, 5.74) is 4.11. The Morgan fingerprint density at radius 3 is 2.46 bits per heavy atom. The number of anilines is 1. The third-order valence-corrected chi connectivity index (χ3v) is 9.12. The van der Waals surface area contributed by atoms with Gasteiger partial charge in [0.05, 0.1) is 24.2 Å². The number of esters is 1. The van der Waals surface area contributed by atoms with E-state index in [1.54, 1.807) is 23.9 Å². The van der Waals surface area contributed by atoms with Crippen LogP contribution in [0.1, 0.15) is 35.4 Å². The molecule has 8 heteroatoms. The topological polar surface area (TPSA) is 84.8 Å². The highest BCUT2D eigenvalue weighted by molar-refractivity contribution is 8.14. The molecule has 0 bridgehead atoms. The first-order chi connectivity index (χ1) is 17.9. The van der Waals surface area contributed by atoms with Gasteiger partial charge < -0.3 is 10.1 Å². The number of aliphatic imine (C=N–C) groups is 1. The summed E-state index contributed by atoms with van der Waals surface area (Å²) in [4.78, 5) is 16.7. The molecule has 0 fully saturated rings. The normalized spacial score (nSPS) is 14.5. The van der Waals surface area contributed by atoms with Gasteiger partial charge in [-0.25, -0.2) is 8.42 Å². The largest absolute Gasteiger partial charge is 0.469 e. The van der Waals surface area contributed by atoms with Gasteiger partial charge in [-0.2, -0.15) is 0 Å². The predicted molar refractivity (Wildman–Crippen MR) is 151 cm³/mol. The summed E-state index contributed by atoms with van der Waals surface area (Å²) < 4.78 is 31.2. The molecule has 6 nitrogen and oxygen atoms in total.